The Morgan fingerprint density at radius 3 is 2.48 bits per heavy atom. The Hall–Kier alpha value is -3.42. The van der Waals surface area contributed by atoms with E-state index in [0.29, 0.717) is 44.7 Å². The fourth-order valence-corrected chi connectivity index (χ4v) is 4.03. The fraction of sp³-hybridized carbons (Fsp3) is 0.391. The lowest BCUT2D eigenvalue weighted by Crippen LogP contribution is -2.36. The molecule has 4 rings (SSSR count). The maximum atomic E-state index is 13.2. The lowest BCUT2D eigenvalue weighted by Gasteiger charge is -2.19. The second-order valence-corrected chi connectivity index (χ2v) is 7.96. The van der Waals surface area contributed by atoms with Crippen molar-refractivity contribution in [1.29, 1.82) is 0 Å². The minimum atomic E-state index is -0.170. The Balaban J connectivity index is 1.35. The van der Waals surface area contributed by atoms with E-state index in [2.05, 4.69) is 15.3 Å². The van der Waals surface area contributed by atoms with Gasteiger partial charge in [-0.05, 0) is 31.9 Å². The number of hydrogen-bond donors (Lipinski definition) is 1. The quantitative estimate of drug-likeness (QED) is 0.634. The standard InChI is InChI=1S/C23H28N6O2/c1-17-24-8-12-27(17)13-10-26-22(30)20-7-11-29(16-20)23(31)21-6-4-3-5-19(21)15-28-14-9-25-18(28)2/h3-6,8-9,12,14,20H,7,10-11,13,15-16H2,1-2H3,(H,26,30). The number of aromatic nitrogens is 4. The second-order valence-electron chi connectivity index (χ2n) is 7.96. The summed E-state index contributed by atoms with van der Waals surface area (Å²) in [5.41, 5.74) is 1.64. The van der Waals surface area contributed by atoms with Crippen LogP contribution in [0, 0.1) is 19.8 Å². The van der Waals surface area contributed by atoms with Crippen LogP contribution in [0.4, 0.5) is 0 Å². The van der Waals surface area contributed by atoms with E-state index in [1.807, 2.05) is 59.6 Å². The number of nitrogens with zero attached hydrogens (tertiary/aromatic N) is 5. The number of likely N-dealkylation sites (tertiary alicyclic amines) is 1. The number of nitrogens with one attached hydrogen (secondary N) is 1. The lowest BCUT2D eigenvalue weighted by atomic mass is 10.1. The van der Waals surface area contributed by atoms with Crippen molar-refractivity contribution in [3.63, 3.8) is 0 Å². The Labute approximate surface area is 181 Å². The average molecular weight is 421 g/mol. The van der Waals surface area contributed by atoms with Crippen molar-refractivity contribution in [1.82, 2.24) is 29.3 Å². The van der Waals surface area contributed by atoms with Crippen LogP contribution < -0.4 is 5.32 Å². The molecule has 1 aliphatic rings. The third-order valence-corrected chi connectivity index (χ3v) is 5.93. The molecule has 8 heteroatoms. The predicted molar refractivity (Wildman–Crippen MR) is 116 cm³/mol. The van der Waals surface area contributed by atoms with Crippen LogP contribution in [0.3, 0.4) is 0 Å². The summed E-state index contributed by atoms with van der Waals surface area (Å²) in [7, 11) is 0. The van der Waals surface area contributed by atoms with Gasteiger partial charge in [0.25, 0.3) is 5.91 Å². The molecule has 3 heterocycles. The van der Waals surface area contributed by atoms with Gasteiger partial charge in [0, 0.05) is 63.1 Å². The smallest absolute Gasteiger partial charge is 0.254 e. The largest absolute Gasteiger partial charge is 0.354 e. The summed E-state index contributed by atoms with van der Waals surface area (Å²) in [5, 5.41) is 3.00. The van der Waals surface area contributed by atoms with Crippen molar-refractivity contribution in [2.24, 2.45) is 5.92 Å². The molecule has 1 saturated heterocycles. The predicted octanol–water partition coefficient (Wildman–Crippen LogP) is 2.02. The highest BCUT2D eigenvalue weighted by Gasteiger charge is 2.32. The highest BCUT2D eigenvalue weighted by molar-refractivity contribution is 5.96. The number of rotatable bonds is 7. The minimum absolute atomic E-state index is 0.00962. The van der Waals surface area contributed by atoms with Crippen molar-refractivity contribution in [2.75, 3.05) is 19.6 Å². The Morgan fingerprint density at radius 2 is 1.77 bits per heavy atom. The van der Waals surface area contributed by atoms with Crippen molar-refractivity contribution in [3.8, 4) is 0 Å². The molecule has 0 radical (unpaired) electrons. The molecule has 1 atom stereocenters. The van der Waals surface area contributed by atoms with Gasteiger partial charge in [-0.2, -0.15) is 0 Å². The van der Waals surface area contributed by atoms with E-state index >= 15 is 0 Å². The van der Waals surface area contributed by atoms with Gasteiger partial charge >= 0.3 is 0 Å². The number of aryl methyl sites for hydroxylation is 2. The summed E-state index contributed by atoms with van der Waals surface area (Å²) in [5.74, 6) is 1.66. The van der Waals surface area contributed by atoms with Crippen LogP contribution in [0.2, 0.25) is 0 Å². The van der Waals surface area contributed by atoms with E-state index in [1.165, 1.54) is 0 Å². The summed E-state index contributed by atoms with van der Waals surface area (Å²) in [6, 6.07) is 7.67. The summed E-state index contributed by atoms with van der Waals surface area (Å²) in [6.07, 6.45) is 8.02. The van der Waals surface area contributed by atoms with Crippen molar-refractivity contribution < 1.29 is 9.59 Å². The first-order valence-corrected chi connectivity index (χ1v) is 10.6. The van der Waals surface area contributed by atoms with Gasteiger partial charge in [-0.25, -0.2) is 9.97 Å². The molecule has 1 unspecified atom stereocenters. The number of amides is 2. The van der Waals surface area contributed by atoms with E-state index in [1.54, 1.807) is 17.3 Å². The summed E-state index contributed by atoms with van der Waals surface area (Å²) < 4.78 is 4.03. The molecule has 2 aromatic heterocycles. The maximum absolute atomic E-state index is 13.2. The summed E-state index contributed by atoms with van der Waals surface area (Å²) in [6.45, 7) is 6.76. The minimum Gasteiger partial charge on any atom is -0.354 e. The molecular weight excluding hydrogens is 392 g/mol. The molecular formula is C23H28N6O2. The Kier molecular flexibility index (Phi) is 6.16. The zero-order chi connectivity index (χ0) is 21.8. The number of benzene rings is 1. The van der Waals surface area contributed by atoms with E-state index < -0.39 is 0 Å². The van der Waals surface area contributed by atoms with Crippen LogP contribution in [0.15, 0.2) is 49.1 Å². The number of imidazole rings is 2. The van der Waals surface area contributed by atoms with Gasteiger partial charge in [0.2, 0.25) is 5.91 Å². The monoisotopic (exact) mass is 420 g/mol. The van der Waals surface area contributed by atoms with Gasteiger partial charge in [-0.15, -0.1) is 0 Å². The van der Waals surface area contributed by atoms with E-state index in [0.717, 1.165) is 17.2 Å². The zero-order valence-corrected chi connectivity index (χ0v) is 18.0. The molecule has 8 nitrogen and oxygen atoms in total. The van der Waals surface area contributed by atoms with Gasteiger partial charge < -0.3 is 19.4 Å². The van der Waals surface area contributed by atoms with Gasteiger partial charge in [0.05, 0.1) is 5.92 Å². The van der Waals surface area contributed by atoms with Crippen LogP contribution in [-0.2, 0) is 17.9 Å². The van der Waals surface area contributed by atoms with Crippen LogP contribution in [0.5, 0.6) is 0 Å². The van der Waals surface area contributed by atoms with E-state index in [9.17, 15) is 9.59 Å². The molecule has 162 valence electrons. The Morgan fingerprint density at radius 1 is 1.06 bits per heavy atom. The van der Waals surface area contributed by atoms with Crippen LogP contribution >= 0.6 is 0 Å². The fourth-order valence-electron chi connectivity index (χ4n) is 4.03. The molecule has 0 bridgehead atoms. The first-order chi connectivity index (χ1) is 15.0. The lowest BCUT2D eigenvalue weighted by molar-refractivity contribution is -0.124. The second kappa shape index (κ2) is 9.16. The zero-order valence-electron chi connectivity index (χ0n) is 18.0. The summed E-state index contributed by atoms with van der Waals surface area (Å²) in [4.78, 5) is 36.0. The van der Waals surface area contributed by atoms with Gasteiger partial charge in [0.15, 0.2) is 0 Å². The van der Waals surface area contributed by atoms with Crippen molar-refractivity contribution in [3.05, 3.63) is 71.8 Å². The van der Waals surface area contributed by atoms with Gasteiger partial charge in [0.1, 0.15) is 11.6 Å². The molecule has 1 N–H and O–H groups in total. The molecule has 1 fully saturated rings. The first kappa shape index (κ1) is 20.8. The first-order valence-electron chi connectivity index (χ1n) is 10.6. The highest BCUT2D eigenvalue weighted by Crippen LogP contribution is 2.21. The third kappa shape index (κ3) is 4.68. The van der Waals surface area contributed by atoms with Crippen LogP contribution in [0.1, 0.15) is 34.0 Å². The normalized spacial score (nSPS) is 15.9. The van der Waals surface area contributed by atoms with Crippen LogP contribution in [-0.4, -0.2) is 55.5 Å². The van der Waals surface area contributed by atoms with E-state index in [-0.39, 0.29) is 17.7 Å². The molecule has 1 aromatic carbocycles. The summed E-state index contributed by atoms with van der Waals surface area (Å²) >= 11 is 0. The molecule has 3 aromatic rings. The topological polar surface area (TPSA) is 85.0 Å². The van der Waals surface area contributed by atoms with Crippen molar-refractivity contribution in [2.45, 2.75) is 33.4 Å². The van der Waals surface area contributed by atoms with Gasteiger partial charge in [-0.3, -0.25) is 9.59 Å². The number of hydrogen-bond acceptors (Lipinski definition) is 4. The van der Waals surface area contributed by atoms with E-state index in [4.69, 9.17) is 0 Å². The number of carbonyl (C=O) groups is 2. The van der Waals surface area contributed by atoms with Crippen molar-refractivity contribution >= 4 is 11.8 Å². The molecule has 31 heavy (non-hydrogen) atoms. The SMILES string of the molecule is Cc1nccn1CCNC(=O)C1CCN(C(=O)c2ccccc2Cn2ccnc2C)C1. The molecule has 2 amide bonds. The average Bonchev–Trinajstić information content (AvgIpc) is 3.51. The number of carbonyl (C=O) groups excluding carboxylic acids is 2. The molecule has 0 spiro atoms. The van der Waals surface area contributed by atoms with Gasteiger partial charge in [-0.1, -0.05) is 18.2 Å². The maximum Gasteiger partial charge on any atom is 0.254 e. The molecule has 0 saturated carbocycles. The molecule has 0 aliphatic carbocycles. The molecule has 1 aliphatic heterocycles. The Bertz CT molecular complexity index is 1070. The third-order valence-electron chi connectivity index (χ3n) is 5.93. The highest BCUT2D eigenvalue weighted by atomic mass is 16.2. The van der Waals surface area contributed by atoms with Crippen LogP contribution in [0.25, 0.3) is 0 Å².